The van der Waals surface area contributed by atoms with Gasteiger partial charge in [-0.15, -0.1) is 0 Å². The van der Waals surface area contributed by atoms with Crippen molar-refractivity contribution >= 4 is 45.0 Å². The maximum atomic E-state index is 12.4. The normalized spacial score (nSPS) is 10.4. The number of carbonyl (C=O) groups excluding carboxylic acids is 1. The van der Waals surface area contributed by atoms with Crippen LogP contribution >= 0.6 is 27.7 Å². The summed E-state index contributed by atoms with van der Waals surface area (Å²) in [6.07, 6.45) is 0. The number of anilines is 2. The molecule has 0 radical (unpaired) electrons. The number of nitrogens with one attached hydrogen (secondary N) is 1. The Kier molecular flexibility index (Phi) is 5.31. The molecule has 3 aromatic carbocycles. The van der Waals surface area contributed by atoms with Gasteiger partial charge in [0, 0.05) is 25.6 Å². The van der Waals surface area contributed by atoms with E-state index in [4.69, 9.17) is 5.73 Å². The van der Waals surface area contributed by atoms with Crippen LogP contribution in [0.25, 0.3) is 0 Å². The smallest absolute Gasteiger partial charge is 0.257 e. The molecular weight excluding hydrogens is 400 g/mol. The van der Waals surface area contributed by atoms with Crippen LogP contribution in [0.4, 0.5) is 11.4 Å². The second kappa shape index (κ2) is 7.63. The summed E-state index contributed by atoms with van der Waals surface area (Å²) < 4.78 is 0.888. The summed E-state index contributed by atoms with van der Waals surface area (Å²) in [4.78, 5) is 14.3. The van der Waals surface area contributed by atoms with E-state index in [-0.39, 0.29) is 11.7 Å². The number of nitrogen functional groups attached to an aromatic ring is 1. The minimum absolute atomic E-state index is 0.225. The average Bonchev–Trinajstić information content (AvgIpc) is 2.57. The van der Waals surface area contributed by atoms with Gasteiger partial charge in [-0.1, -0.05) is 33.8 Å². The van der Waals surface area contributed by atoms with Crippen molar-refractivity contribution in [1.82, 2.24) is 0 Å². The zero-order chi connectivity index (χ0) is 17.8. The molecule has 25 heavy (non-hydrogen) atoms. The van der Waals surface area contributed by atoms with Crippen LogP contribution < -0.4 is 11.1 Å². The van der Waals surface area contributed by atoms with Crippen LogP contribution in [0.1, 0.15) is 10.4 Å². The molecule has 0 bridgehead atoms. The van der Waals surface area contributed by atoms with Crippen LogP contribution in [-0.4, -0.2) is 11.0 Å². The van der Waals surface area contributed by atoms with Gasteiger partial charge in [-0.2, -0.15) is 0 Å². The molecule has 3 aromatic rings. The molecule has 0 aliphatic carbocycles. The number of amides is 1. The molecule has 3 rings (SSSR count). The van der Waals surface area contributed by atoms with Crippen LogP contribution in [0, 0.1) is 0 Å². The first-order chi connectivity index (χ1) is 12.0. The third-order valence-electron chi connectivity index (χ3n) is 3.42. The van der Waals surface area contributed by atoms with E-state index in [1.807, 2.05) is 42.5 Å². The Morgan fingerprint density at radius 2 is 1.72 bits per heavy atom. The minimum atomic E-state index is -0.253. The molecule has 1 amide bonds. The zero-order valence-electron chi connectivity index (χ0n) is 13.1. The number of aromatic hydroxyl groups is 1. The Morgan fingerprint density at radius 1 is 1.00 bits per heavy atom. The highest BCUT2D eigenvalue weighted by Crippen LogP contribution is 2.31. The molecule has 0 saturated heterocycles. The monoisotopic (exact) mass is 414 g/mol. The molecule has 6 heteroatoms. The van der Waals surface area contributed by atoms with E-state index >= 15 is 0 Å². The number of hydrogen-bond acceptors (Lipinski definition) is 4. The second-order valence-corrected chi connectivity index (χ2v) is 7.37. The Hall–Kier alpha value is -2.44. The lowest BCUT2D eigenvalue weighted by Gasteiger charge is -2.10. The van der Waals surface area contributed by atoms with Crippen molar-refractivity contribution in [3.05, 3.63) is 76.8 Å². The molecule has 0 aromatic heterocycles. The van der Waals surface area contributed by atoms with E-state index in [0.29, 0.717) is 16.9 Å². The fourth-order valence-corrected chi connectivity index (χ4v) is 3.49. The van der Waals surface area contributed by atoms with Gasteiger partial charge in [0.15, 0.2) is 0 Å². The van der Waals surface area contributed by atoms with Gasteiger partial charge >= 0.3 is 0 Å². The Labute approximate surface area is 158 Å². The predicted molar refractivity (Wildman–Crippen MR) is 105 cm³/mol. The van der Waals surface area contributed by atoms with Crippen molar-refractivity contribution < 1.29 is 9.90 Å². The Morgan fingerprint density at radius 3 is 2.40 bits per heavy atom. The lowest BCUT2D eigenvalue weighted by molar-refractivity contribution is 0.102. The summed E-state index contributed by atoms with van der Waals surface area (Å²) in [5.74, 6) is -0.0276. The van der Waals surface area contributed by atoms with Gasteiger partial charge in [0.05, 0.1) is 5.56 Å². The average molecular weight is 415 g/mol. The summed E-state index contributed by atoms with van der Waals surface area (Å²) in [7, 11) is 0. The van der Waals surface area contributed by atoms with Gasteiger partial charge in [0.2, 0.25) is 0 Å². The van der Waals surface area contributed by atoms with E-state index in [9.17, 15) is 9.90 Å². The third-order valence-corrected chi connectivity index (χ3v) is 4.91. The van der Waals surface area contributed by atoms with Crippen molar-refractivity contribution in [2.45, 2.75) is 9.79 Å². The van der Waals surface area contributed by atoms with E-state index in [0.717, 1.165) is 14.3 Å². The molecule has 0 saturated carbocycles. The topological polar surface area (TPSA) is 75.3 Å². The molecule has 0 unspecified atom stereocenters. The second-order valence-electron chi connectivity index (χ2n) is 5.31. The van der Waals surface area contributed by atoms with Gasteiger partial charge in [-0.05, 0) is 60.7 Å². The van der Waals surface area contributed by atoms with Gasteiger partial charge in [-0.3, -0.25) is 4.79 Å². The van der Waals surface area contributed by atoms with Crippen molar-refractivity contribution in [1.29, 1.82) is 0 Å². The van der Waals surface area contributed by atoms with Gasteiger partial charge < -0.3 is 16.2 Å². The number of hydrogen-bond donors (Lipinski definition) is 3. The summed E-state index contributed by atoms with van der Waals surface area (Å²) in [6, 6.07) is 19.6. The number of phenolic OH excluding ortho intramolecular Hbond substituents is 1. The first-order valence-electron chi connectivity index (χ1n) is 7.44. The molecule has 0 aliphatic heterocycles. The largest absolute Gasteiger partial charge is 0.508 e. The summed E-state index contributed by atoms with van der Waals surface area (Å²) in [5, 5.41) is 12.2. The molecule has 0 aliphatic rings. The van der Waals surface area contributed by atoms with Crippen molar-refractivity contribution in [2.75, 3.05) is 11.1 Å². The third kappa shape index (κ3) is 4.55. The van der Waals surface area contributed by atoms with Crippen LogP contribution in [0.3, 0.4) is 0 Å². The van der Waals surface area contributed by atoms with Crippen LogP contribution in [0.5, 0.6) is 5.75 Å². The first kappa shape index (κ1) is 17.4. The number of nitrogens with two attached hydrogens (primary N) is 1. The van der Waals surface area contributed by atoms with Crippen molar-refractivity contribution in [2.24, 2.45) is 0 Å². The summed E-state index contributed by atoms with van der Waals surface area (Å²) >= 11 is 4.88. The summed E-state index contributed by atoms with van der Waals surface area (Å²) in [6.45, 7) is 0. The number of carbonyl (C=O) groups is 1. The Balaban J connectivity index is 1.74. The Bertz CT molecular complexity index is 914. The molecule has 4 nitrogen and oxygen atoms in total. The SMILES string of the molecule is Nc1cc(Sc2ccc(O)cc2)ccc1C(=O)Nc1cccc(Br)c1. The predicted octanol–water partition coefficient (Wildman–Crippen LogP) is 5.14. The van der Waals surface area contributed by atoms with E-state index in [1.165, 1.54) is 11.8 Å². The fraction of sp³-hybridized carbons (Fsp3) is 0. The highest BCUT2D eigenvalue weighted by molar-refractivity contribution is 9.10. The number of halogens is 1. The highest BCUT2D eigenvalue weighted by Gasteiger charge is 2.11. The van der Waals surface area contributed by atoms with Gasteiger partial charge in [0.25, 0.3) is 5.91 Å². The first-order valence-corrected chi connectivity index (χ1v) is 9.05. The van der Waals surface area contributed by atoms with E-state index in [2.05, 4.69) is 21.2 Å². The van der Waals surface area contributed by atoms with E-state index in [1.54, 1.807) is 24.3 Å². The van der Waals surface area contributed by atoms with Crippen molar-refractivity contribution in [3.8, 4) is 5.75 Å². The minimum Gasteiger partial charge on any atom is -0.508 e. The molecule has 0 heterocycles. The lowest BCUT2D eigenvalue weighted by atomic mass is 10.1. The lowest BCUT2D eigenvalue weighted by Crippen LogP contribution is -2.14. The van der Waals surface area contributed by atoms with Crippen molar-refractivity contribution in [3.63, 3.8) is 0 Å². The molecule has 0 fully saturated rings. The van der Waals surface area contributed by atoms with Crippen LogP contribution in [0.15, 0.2) is 81.0 Å². The van der Waals surface area contributed by atoms with Gasteiger partial charge in [-0.25, -0.2) is 0 Å². The highest BCUT2D eigenvalue weighted by atomic mass is 79.9. The van der Waals surface area contributed by atoms with Crippen LogP contribution in [0.2, 0.25) is 0 Å². The molecule has 126 valence electrons. The molecule has 0 atom stereocenters. The maximum absolute atomic E-state index is 12.4. The molecular formula is C19H15BrN2O2S. The quantitative estimate of drug-likeness (QED) is 0.516. The number of benzene rings is 3. The zero-order valence-corrected chi connectivity index (χ0v) is 15.5. The number of phenols is 1. The summed E-state index contributed by atoms with van der Waals surface area (Å²) in [5.41, 5.74) is 7.60. The molecule has 0 spiro atoms. The van der Waals surface area contributed by atoms with Gasteiger partial charge in [0.1, 0.15) is 5.75 Å². The fourth-order valence-electron chi connectivity index (χ4n) is 2.23. The van der Waals surface area contributed by atoms with E-state index < -0.39 is 0 Å². The molecule has 4 N–H and O–H groups in total. The standard InChI is InChI=1S/C19H15BrN2O2S/c20-12-2-1-3-13(10-12)22-19(24)17-9-8-16(11-18(17)21)25-15-6-4-14(23)5-7-15/h1-11,23H,21H2,(H,22,24). The van der Waals surface area contributed by atoms with Crippen LogP contribution in [-0.2, 0) is 0 Å². The maximum Gasteiger partial charge on any atom is 0.257 e. The number of rotatable bonds is 4.